The van der Waals surface area contributed by atoms with Crippen LogP contribution in [0.1, 0.15) is 91.9 Å². The third kappa shape index (κ3) is 14.3. The van der Waals surface area contributed by atoms with Gasteiger partial charge in [-0.15, -0.1) is 0 Å². The van der Waals surface area contributed by atoms with Crippen LogP contribution in [0, 0.1) is 5.92 Å². The van der Waals surface area contributed by atoms with Crippen molar-refractivity contribution in [3.63, 3.8) is 0 Å². The van der Waals surface area contributed by atoms with E-state index in [1.165, 1.54) is 44.9 Å². The van der Waals surface area contributed by atoms with Crippen molar-refractivity contribution in [1.29, 1.82) is 0 Å². The van der Waals surface area contributed by atoms with Gasteiger partial charge < -0.3 is 10.4 Å². The molecule has 0 saturated heterocycles. The summed E-state index contributed by atoms with van der Waals surface area (Å²) in [7, 11) is 0. The van der Waals surface area contributed by atoms with Gasteiger partial charge >= 0.3 is 5.97 Å². The van der Waals surface area contributed by atoms with Gasteiger partial charge in [-0.3, -0.25) is 9.59 Å². The normalized spacial score (nSPS) is 13.2. The van der Waals surface area contributed by atoms with Crippen molar-refractivity contribution in [2.45, 2.75) is 97.4 Å². The van der Waals surface area contributed by atoms with E-state index in [0.29, 0.717) is 0 Å². The Morgan fingerprint density at radius 2 is 1.54 bits per heavy atom. The minimum absolute atomic E-state index is 0.157. The van der Waals surface area contributed by atoms with Gasteiger partial charge in [0.25, 0.3) is 0 Å². The number of carboxylic acids is 1. The van der Waals surface area contributed by atoms with E-state index in [-0.39, 0.29) is 17.9 Å². The highest BCUT2D eigenvalue weighted by molar-refractivity contribution is 5.85. The topological polar surface area (TPSA) is 66.4 Å². The van der Waals surface area contributed by atoms with Crippen molar-refractivity contribution >= 4 is 11.9 Å². The molecule has 0 rings (SSSR count). The Balaban J connectivity index is 4.05. The number of allylic oxidation sites excluding steroid dienone is 1. The Bertz CT molecular complexity index is 383. The Hall–Kier alpha value is -1.32. The number of carboxylic acid groups (broad SMARTS) is 1. The Kier molecular flexibility index (Phi) is 12.3. The number of amides is 1. The fourth-order valence-corrected chi connectivity index (χ4v) is 2.56. The molecule has 0 bridgehead atoms. The molecule has 1 atom stereocenters. The van der Waals surface area contributed by atoms with E-state index in [1.807, 2.05) is 26.8 Å². The van der Waals surface area contributed by atoms with E-state index in [2.05, 4.69) is 12.2 Å². The molecule has 0 aliphatic carbocycles. The summed E-state index contributed by atoms with van der Waals surface area (Å²) in [6.45, 7) is 7.92. The van der Waals surface area contributed by atoms with E-state index in [9.17, 15) is 9.59 Å². The maximum Gasteiger partial charge on any atom is 0.304 e. The molecule has 0 aliphatic rings. The number of carbonyl (C=O) groups excluding carboxylic acids is 1. The summed E-state index contributed by atoms with van der Waals surface area (Å²) in [6, 6.07) is 0. The first-order valence-corrected chi connectivity index (χ1v) is 9.46. The minimum Gasteiger partial charge on any atom is -0.481 e. The SMILES string of the molecule is CCCCCCCCCCC=CC(CC(=O)O)C(=O)NC(C)(C)C. The van der Waals surface area contributed by atoms with Crippen LogP contribution >= 0.6 is 0 Å². The average molecular weight is 340 g/mol. The molecule has 1 amide bonds. The van der Waals surface area contributed by atoms with Crippen LogP contribution in [0.15, 0.2) is 12.2 Å². The summed E-state index contributed by atoms with van der Waals surface area (Å²) >= 11 is 0. The zero-order valence-corrected chi connectivity index (χ0v) is 16.1. The average Bonchev–Trinajstić information content (AvgIpc) is 2.45. The molecule has 4 heteroatoms. The predicted octanol–water partition coefficient (Wildman–Crippen LogP) is 5.08. The van der Waals surface area contributed by atoms with Crippen molar-refractivity contribution in [3.05, 3.63) is 12.2 Å². The Morgan fingerprint density at radius 3 is 2.04 bits per heavy atom. The molecule has 24 heavy (non-hydrogen) atoms. The van der Waals surface area contributed by atoms with Gasteiger partial charge in [0.2, 0.25) is 5.91 Å². The third-order valence-electron chi connectivity index (χ3n) is 3.82. The lowest BCUT2D eigenvalue weighted by Gasteiger charge is -2.23. The lowest BCUT2D eigenvalue weighted by Crippen LogP contribution is -2.43. The highest BCUT2D eigenvalue weighted by atomic mass is 16.4. The van der Waals surface area contributed by atoms with Crippen LogP contribution in [0.2, 0.25) is 0 Å². The van der Waals surface area contributed by atoms with Gasteiger partial charge in [-0.1, -0.05) is 64.0 Å². The number of unbranched alkanes of at least 4 members (excludes halogenated alkanes) is 8. The molecule has 2 N–H and O–H groups in total. The van der Waals surface area contributed by atoms with Crippen LogP contribution in [0.5, 0.6) is 0 Å². The molecule has 1 unspecified atom stereocenters. The zero-order valence-electron chi connectivity index (χ0n) is 16.1. The molecular weight excluding hydrogens is 302 g/mol. The fraction of sp³-hybridized carbons (Fsp3) is 0.800. The number of nitrogens with one attached hydrogen (secondary N) is 1. The number of aliphatic carboxylic acids is 1. The van der Waals surface area contributed by atoms with Gasteiger partial charge in [0, 0.05) is 5.54 Å². The molecular formula is C20H37NO3. The highest BCUT2D eigenvalue weighted by Crippen LogP contribution is 2.12. The van der Waals surface area contributed by atoms with Crippen molar-refractivity contribution in [2.75, 3.05) is 0 Å². The number of rotatable bonds is 13. The third-order valence-corrected chi connectivity index (χ3v) is 3.82. The zero-order chi connectivity index (χ0) is 18.4. The first kappa shape index (κ1) is 22.7. The van der Waals surface area contributed by atoms with E-state index < -0.39 is 11.9 Å². The van der Waals surface area contributed by atoms with Crippen LogP contribution in [0.3, 0.4) is 0 Å². The summed E-state index contributed by atoms with van der Waals surface area (Å²) in [5.74, 6) is -1.74. The largest absolute Gasteiger partial charge is 0.481 e. The number of carbonyl (C=O) groups is 2. The molecule has 0 spiro atoms. The van der Waals surface area contributed by atoms with Crippen LogP contribution in [-0.4, -0.2) is 22.5 Å². The summed E-state index contributed by atoms with van der Waals surface area (Å²) in [5, 5.41) is 11.8. The molecule has 0 aromatic heterocycles. The van der Waals surface area contributed by atoms with Crippen LogP contribution in [0.25, 0.3) is 0 Å². The second-order valence-electron chi connectivity index (χ2n) is 7.64. The second kappa shape index (κ2) is 13.0. The minimum atomic E-state index is -0.944. The molecule has 0 aromatic carbocycles. The molecule has 4 nitrogen and oxygen atoms in total. The van der Waals surface area contributed by atoms with Gasteiger partial charge in [0.1, 0.15) is 0 Å². The summed E-state index contributed by atoms with van der Waals surface area (Å²) in [5.41, 5.74) is -0.348. The van der Waals surface area contributed by atoms with Gasteiger partial charge in [-0.2, -0.15) is 0 Å². The monoisotopic (exact) mass is 339 g/mol. The van der Waals surface area contributed by atoms with Gasteiger partial charge in [-0.25, -0.2) is 0 Å². The van der Waals surface area contributed by atoms with Crippen LogP contribution < -0.4 is 5.32 Å². The van der Waals surface area contributed by atoms with E-state index in [1.54, 1.807) is 6.08 Å². The van der Waals surface area contributed by atoms with Crippen molar-refractivity contribution in [1.82, 2.24) is 5.32 Å². The van der Waals surface area contributed by atoms with Gasteiger partial charge in [0.15, 0.2) is 0 Å². The van der Waals surface area contributed by atoms with Gasteiger partial charge in [0.05, 0.1) is 12.3 Å². The van der Waals surface area contributed by atoms with Crippen molar-refractivity contribution < 1.29 is 14.7 Å². The first-order chi connectivity index (χ1) is 11.3. The smallest absolute Gasteiger partial charge is 0.304 e. The summed E-state index contributed by atoms with van der Waals surface area (Å²) in [4.78, 5) is 23.1. The van der Waals surface area contributed by atoms with E-state index >= 15 is 0 Å². The molecule has 140 valence electrons. The Morgan fingerprint density at radius 1 is 1.00 bits per heavy atom. The fourth-order valence-electron chi connectivity index (χ4n) is 2.56. The molecule has 0 aliphatic heterocycles. The van der Waals surface area contributed by atoms with E-state index in [4.69, 9.17) is 5.11 Å². The van der Waals surface area contributed by atoms with Gasteiger partial charge in [-0.05, 0) is 33.6 Å². The molecule has 0 heterocycles. The molecule has 0 saturated carbocycles. The molecule has 0 radical (unpaired) electrons. The van der Waals surface area contributed by atoms with Crippen molar-refractivity contribution in [3.8, 4) is 0 Å². The highest BCUT2D eigenvalue weighted by Gasteiger charge is 2.22. The van der Waals surface area contributed by atoms with E-state index in [0.717, 1.165) is 12.8 Å². The summed E-state index contributed by atoms with van der Waals surface area (Å²) in [6.07, 6.45) is 14.6. The second-order valence-corrected chi connectivity index (χ2v) is 7.64. The lowest BCUT2D eigenvalue weighted by atomic mass is 10.00. The van der Waals surface area contributed by atoms with Crippen molar-refractivity contribution in [2.24, 2.45) is 5.92 Å². The first-order valence-electron chi connectivity index (χ1n) is 9.46. The molecule has 0 aromatic rings. The van der Waals surface area contributed by atoms with Crippen LogP contribution in [0.4, 0.5) is 0 Å². The lowest BCUT2D eigenvalue weighted by molar-refractivity contribution is -0.140. The quantitative estimate of drug-likeness (QED) is 0.363. The van der Waals surface area contributed by atoms with Crippen LogP contribution in [-0.2, 0) is 9.59 Å². The number of hydrogen-bond acceptors (Lipinski definition) is 2. The Labute approximate surface area is 148 Å². The number of hydrogen-bond donors (Lipinski definition) is 2. The maximum absolute atomic E-state index is 12.2. The predicted molar refractivity (Wildman–Crippen MR) is 100 cm³/mol. The standard InChI is InChI=1S/C20H37NO3/c1-5-6-7-8-9-10-11-12-13-14-15-17(16-18(22)23)19(24)21-20(2,3)4/h14-15,17H,5-13,16H2,1-4H3,(H,21,24)(H,22,23). The summed E-state index contributed by atoms with van der Waals surface area (Å²) < 4.78 is 0. The maximum atomic E-state index is 12.2. The molecule has 0 fully saturated rings.